The molecule has 3 rings (SSSR count). The van der Waals surface area contributed by atoms with E-state index in [9.17, 15) is 9.32 Å². The van der Waals surface area contributed by atoms with E-state index < -0.39 is 10.8 Å². The Bertz CT molecular complexity index is 770. The summed E-state index contributed by atoms with van der Waals surface area (Å²) in [6.45, 7) is 3.06. The molecule has 4 nitrogen and oxygen atoms in total. The number of hydrogen-bond donors (Lipinski definition) is 1. The molecule has 24 heavy (non-hydrogen) atoms. The van der Waals surface area contributed by atoms with Gasteiger partial charge in [0, 0.05) is 39.5 Å². The zero-order valence-electron chi connectivity index (χ0n) is 14.0. The average Bonchev–Trinajstić information content (AvgIpc) is 2.57. The number of aliphatic hydroxyl groups is 1. The van der Waals surface area contributed by atoms with Crippen molar-refractivity contribution in [1.29, 1.82) is 0 Å². The lowest BCUT2D eigenvalue weighted by Gasteiger charge is -2.25. The van der Waals surface area contributed by atoms with E-state index in [1.54, 1.807) is 6.26 Å². The van der Waals surface area contributed by atoms with Crippen LogP contribution in [0.3, 0.4) is 0 Å². The monoisotopic (exact) mass is 346 g/mol. The zero-order chi connectivity index (χ0) is 17.1. The Morgan fingerprint density at radius 1 is 1.33 bits per heavy atom. The van der Waals surface area contributed by atoms with Crippen molar-refractivity contribution in [2.45, 2.75) is 26.6 Å². The smallest absolute Gasteiger partial charge is 0.133 e. The van der Waals surface area contributed by atoms with Crippen LogP contribution in [-0.4, -0.2) is 27.9 Å². The largest absolute Gasteiger partial charge is 0.494 e. The summed E-state index contributed by atoms with van der Waals surface area (Å²) in [5.41, 5.74) is 5.21. The number of para-hydroxylation sites is 1. The lowest BCUT2D eigenvalue weighted by molar-refractivity contribution is 0.257. The SMILES string of the molecule is Cc1cc(OCCCS(C)=O)cc2c1-c1cccc(CO)c1OC2. The number of aryl methyl sites for hydroxylation is 1. The second-order valence-electron chi connectivity index (χ2n) is 5.99. The van der Waals surface area contributed by atoms with Crippen molar-refractivity contribution in [3.8, 4) is 22.6 Å². The highest BCUT2D eigenvalue weighted by molar-refractivity contribution is 7.84. The van der Waals surface area contributed by atoms with Crippen LogP contribution in [0.25, 0.3) is 11.1 Å². The van der Waals surface area contributed by atoms with Gasteiger partial charge in [-0.3, -0.25) is 4.21 Å². The first kappa shape index (κ1) is 17.0. The van der Waals surface area contributed by atoms with Gasteiger partial charge in [-0.25, -0.2) is 0 Å². The predicted octanol–water partition coefficient (Wildman–Crippen LogP) is 3.19. The molecule has 0 saturated carbocycles. The van der Waals surface area contributed by atoms with Crippen LogP contribution in [0.5, 0.6) is 11.5 Å². The summed E-state index contributed by atoms with van der Waals surface area (Å²) in [5, 5.41) is 9.49. The van der Waals surface area contributed by atoms with E-state index in [1.165, 1.54) is 0 Å². The Balaban J connectivity index is 1.86. The Labute approximate surface area is 144 Å². The van der Waals surface area contributed by atoms with Crippen molar-refractivity contribution < 1.29 is 18.8 Å². The topological polar surface area (TPSA) is 55.8 Å². The molecular weight excluding hydrogens is 324 g/mol. The van der Waals surface area contributed by atoms with Gasteiger partial charge in [0.25, 0.3) is 0 Å². The zero-order valence-corrected chi connectivity index (χ0v) is 14.8. The molecule has 0 aliphatic carbocycles. The van der Waals surface area contributed by atoms with Gasteiger partial charge in [0.05, 0.1) is 13.2 Å². The third-order valence-electron chi connectivity index (χ3n) is 4.14. The first-order chi connectivity index (χ1) is 11.6. The van der Waals surface area contributed by atoms with Gasteiger partial charge in [0.15, 0.2) is 0 Å². The summed E-state index contributed by atoms with van der Waals surface area (Å²) in [6, 6.07) is 9.89. The molecule has 1 unspecified atom stereocenters. The minimum atomic E-state index is -0.778. The van der Waals surface area contributed by atoms with Gasteiger partial charge in [0.1, 0.15) is 18.1 Å². The molecule has 0 amide bonds. The highest BCUT2D eigenvalue weighted by atomic mass is 32.2. The molecule has 1 aliphatic heterocycles. The second kappa shape index (κ2) is 7.36. The normalized spacial score (nSPS) is 13.6. The van der Waals surface area contributed by atoms with Crippen molar-refractivity contribution in [2.24, 2.45) is 0 Å². The summed E-state index contributed by atoms with van der Waals surface area (Å²) in [4.78, 5) is 0. The van der Waals surface area contributed by atoms with E-state index in [0.29, 0.717) is 19.0 Å². The van der Waals surface area contributed by atoms with Crippen molar-refractivity contribution in [1.82, 2.24) is 0 Å². The maximum atomic E-state index is 11.1. The number of benzene rings is 2. The van der Waals surface area contributed by atoms with Crippen LogP contribution in [-0.2, 0) is 24.0 Å². The maximum absolute atomic E-state index is 11.1. The van der Waals surface area contributed by atoms with Gasteiger partial charge < -0.3 is 14.6 Å². The molecule has 5 heteroatoms. The standard InChI is InChI=1S/C19H22O4S/c1-13-9-16(22-7-4-8-24(2)21)10-15-12-23-19-14(11-20)5-3-6-17(19)18(13)15/h3,5-6,9-10,20H,4,7-8,11-12H2,1-2H3. The van der Waals surface area contributed by atoms with Crippen LogP contribution in [0.4, 0.5) is 0 Å². The molecular formula is C19H22O4S. The third kappa shape index (κ3) is 3.47. The van der Waals surface area contributed by atoms with E-state index in [1.807, 2.05) is 30.3 Å². The van der Waals surface area contributed by atoms with Crippen LogP contribution in [0.2, 0.25) is 0 Å². The molecule has 0 bridgehead atoms. The van der Waals surface area contributed by atoms with E-state index in [2.05, 4.69) is 6.92 Å². The number of rotatable bonds is 6. The van der Waals surface area contributed by atoms with Crippen LogP contribution in [0.15, 0.2) is 30.3 Å². The molecule has 0 radical (unpaired) electrons. The van der Waals surface area contributed by atoms with Crippen LogP contribution in [0, 0.1) is 6.92 Å². The van der Waals surface area contributed by atoms with Crippen LogP contribution in [0.1, 0.15) is 23.1 Å². The highest BCUT2D eigenvalue weighted by Gasteiger charge is 2.22. The molecule has 1 atom stereocenters. The predicted molar refractivity (Wildman–Crippen MR) is 95.9 cm³/mol. The molecule has 1 aliphatic rings. The molecule has 2 aromatic carbocycles. The first-order valence-corrected chi connectivity index (χ1v) is 9.75. The fourth-order valence-corrected chi connectivity index (χ4v) is 3.61. The minimum absolute atomic E-state index is 0.0302. The van der Waals surface area contributed by atoms with Crippen molar-refractivity contribution in [2.75, 3.05) is 18.6 Å². The Morgan fingerprint density at radius 2 is 2.17 bits per heavy atom. The summed E-state index contributed by atoms with van der Waals surface area (Å²) in [5.74, 6) is 2.25. The molecule has 0 aromatic heterocycles. The van der Waals surface area contributed by atoms with Crippen LogP contribution >= 0.6 is 0 Å². The van der Waals surface area contributed by atoms with E-state index in [-0.39, 0.29) is 6.61 Å². The number of aliphatic hydroxyl groups excluding tert-OH is 1. The van der Waals surface area contributed by atoms with Crippen molar-refractivity contribution in [3.05, 3.63) is 47.0 Å². The van der Waals surface area contributed by atoms with E-state index in [0.717, 1.165) is 45.7 Å². The van der Waals surface area contributed by atoms with Gasteiger partial charge in [-0.2, -0.15) is 0 Å². The molecule has 1 N–H and O–H groups in total. The quantitative estimate of drug-likeness (QED) is 0.816. The van der Waals surface area contributed by atoms with Gasteiger partial charge in [-0.15, -0.1) is 0 Å². The van der Waals surface area contributed by atoms with E-state index >= 15 is 0 Å². The lowest BCUT2D eigenvalue weighted by Crippen LogP contribution is -2.10. The van der Waals surface area contributed by atoms with Gasteiger partial charge in [-0.1, -0.05) is 18.2 Å². The maximum Gasteiger partial charge on any atom is 0.133 e. The Kier molecular flexibility index (Phi) is 5.21. The fourth-order valence-electron chi connectivity index (χ4n) is 3.09. The fraction of sp³-hybridized carbons (Fsp3) is 0.368. The lowest BCUT2D eigenvalue weighted by atomic mass is 9.91. The first-order valence-electron chi connectivity index (χ1n) is 8.02. The van der Waals surface area contributed by atoms with Crippen molar-refractivity contribution in [3.63, 3.8) is 0 Å². The summed E-state index contributed by atoms with van der Waals surface area (Å²) < 4.78 is 22.8. The summed E-state index contributed by atoms with van der Waals surface area (Å²) in [7, 11) is -0.778. The second-order valence-corrected chi connectivity index (χ2v) is 7.55. The highest BCUT2D eigenvalue weighted by Crippen LogP contribution is 2.42. The minimum Gasteiger partial charge on any atom is -0.494 e. The van der Waals surface area contributed by atoms with Gasteiger partial charge in [0.2, 0.25) is 0 Å². The summed E-state index contributed by atoms with van der Waals surface area (Å²) >= 11 is 0. The van der Waals surface area contributed by atoms with Gasteiger partial charge >= 0.3 is 0 Å². The summed E-state index contributed by atoms with van der Waals surface area (Å²) in [6.07, 6.45) is 2.48. The average molecular weight is 346 g/mol. The molecule has 0 fully saturated rings. The molecule has 1 heterocycles. The Morgan fingerprint density at radius 3 is 2.92 bits per heavy atom. The molecule has 128 valence electrons. The molecule has 2 aromatic rings. The van der Waals surface area contributed by atoms with Crippen LogP contribution < -0.4 is 9.47 Å². The Hall–Kier alpha value is -1.85. The van der Waals surface area contributed by atoms with E-state index in [4.69, 9.17) is 9.47 Å². The van der Waals surface area contributed by atoms with Gasteiger partial charge in [-0.05, 0) is 36.6 Å². The molecule has 0 spiro atoms. The number of ether oxygens (including phenoxy) is 2. The van der Waals surface area contributed by atoms with Crippen molar-refractivity contribution >= 4 is 10.8 Å². The number of hydrogen-bond acceptors (Lipinski definition) is 4. The number of fused-ring (bicyclic) bond motifs is 3. The molecule has 0 saturated heterocycles. The third-order valence-corrected chi connectivity index (χ3v) is 5.01.